The van der Waals surface area contributed by atoms with Crippen LogP contribution < -0.4 is 14.8 Å². The lowest BCUT2D eigenvalue weighted by molar-refractivity contribution is -0.115. The summed E-state index contributed by atoms with van der Waals surface area (Å²) in [5.74, 6) is 1.21. The second kappa shape index (κ2) is 9.09. The van der Waals surface area contributed by atoms with Gasteiger partial charge in [0.1, 0.15) is 13.2 Å². The number of benzene rings is 2. The van der Waals surface area contributed by atoms with Crippen molar-refractivity contribution in [2.45, 2.75) is 25.7 Å². The van der Waals surface area contributed by atoms with Crippen molar-refractivity contribution in [1.29, 1.82) is 0 Å². The van der Waals surface area contributed by atoms with Crippen LogP contribution >= 0.6 is 0 Å². The lowest BCUT2D eigenvalue weighted by Gasteiger charge is -2.19. The van der Waals surface area contributed by atoms with Crippen LogP contribution in [0, 0.1) is 0 Å². The maximum atomic E-state index is 12.8. The number of H-pyrrole nitrogens is 1. The molecule has 32 heavy (non-hydrogen) atoms. The summed E-state index contributed by atoms with van der Waals surface area (Å²) in [5, 5.41) is 10.6. The van der Waals surface area contributed by atoms with E-state index in [4.69, 9.17) is 9.47 Å². The van der Waals surface area contributed by atoms with Crippen LogP contribution in [0.1, 0.15) is 36.2 Å². The van der Waals surface area contributed by atoms with Gasteiger partial charge in [-0.1, -0.05) is 30.3 Å². The van der Waals surface area contributed by atoms with Gasteiger partial charge in [-0.25, -0.2) is 0 Å². The van der Waals surface area contributed by atoms with Crippen molar-refractivity contribution in [2.24, 2.45) is 4.99 Å². The predicted octanol–water partition coefficient (Wildman–Crippen LogP) is 4.38. The zero-order chi connectivity index (χ0) is 21.8. The van der Waals surface area contributed by atoms with E-state index in [0.717, 1.165) is 41.9 Å². The SMILES string of the molecule is O=C(CC1=C(c2cc(Cc3ccccc3)[nH]n2)CCC=N1)Nc1ccc2c(c1)OCCO2. The van der Waals surface area contributed by atoms with Gasteiger partial charge in [-0.05, 0) is 36.6 Å². The zero-order valence-corrected chi connectivity index (χ0v) is 17.6. The maximum Gasteiger partial charge on any atom is 0.230 e. The minimum absolute atomic E-state index is 0.131. The number of ether oxygens (including phenoxy) is 2. The molecule has 0 aliphatic carbocycles. The number of carbonyl (C=O) groups excluding carboxylic acids is 1. The van der Waals surface area contributed by atoms with Crippen LogP contribution in [0.2, 0.25) is 0 Å². The summed E-state index contributed by atoms with van der Waals surface area (Å²) in [6.45, 7) is 1.04. The first kappa shape index (κ1) is 20.1. The highest BCUT2D eigenvalue weighted by Gasteiger charge is 2.19. The molecule has 0 atom stereocenters. The van der Waals surface area contributed by atoms with Gasteiger partial charge in [0.05, 0.1) is 17.8 Å². The largest absolute Gasteiger partial charge is 0.486 e. The Labute approximate surface area is 186 Å². The number of nitrogens with one attached hydrogen (secondary N) is 2. The third-order valence-electron chi connectivity index (χ3n) is 5.45. The van der Waals surface area contributed by atoms with Gasteiger partial charge in [0.15, 0.2) is 11.5 Å². The number of anilines is 1. The van der Waals surface area contributed by atoms with Crippen LogP contribution in [-0.2, 0) is 11.2 Å². The molecule has 3 aromatic rings. The van der Waals surface area contributed by atoms with E-state index in [2.05, 4.69) is 38.7 Å². The molecule has 0 fully saturated rings. The molecule has 2 N–H and O–H groups in total. The first-order valence-corrected chi connectivity index (χ1v) is 10.8. The smallest absolute Gasteiger partial charge is 0.230 e. The average Bonchev–Trinajstić information content (AvgIpc) is 3.28. The number of nitrogens with zero attached hydrogens (tertiary/aromatic N) is 2. The van der Waals surface area contributed by atoms with Crippen molar-refractivity contribution in [3.63, 3.8) is 0 Å². The van der Waals surface area contributed by atoms with E-state index in [1.807, 2.05) is 36.5 Å². The zero-order valence-electron chi connectivity index (χ0n) is 17.6. The molecule has 0 bridgehead atoms. The predicted molar refractivity (Wildman–Crippen MR) is 123 cm³/mol. The van der Waals surface area contributed by atoms with Crippen LogP contribution in [0.15, 0.2) is 65.3 Å². The highest BCUT2D eigenvalue weighted by Crippen LogP contribution is 2.33. The third-order valence-corrected chi connectivity index (χ3v) is 5.45. The molecule has 5 rings (SSSR count). The number of rotatable bonds is 6. The lowest BCUT2D eigenvalue weighted by Crippen LogP contribution is -2.17. The van der Waals surface area contributed by atoms with Crippen LogP contribution in [-0.4, -0.2) is 35.5 Å². The van der Waals surface area contributed by atoms with Crippen molar-refractivity contribution in [3.8, 4) is 11.5 Å². The van der Waals surface area contributed by atoms with E-state index in [1.165, 1.54) is 5.56 Å². The first-order valence-electron chi connectivity index (χ1n) is 10.8. The fourth-order valence-electron chi connectivity index (χ4n) is 3.93. The minimum atomic E-state index is -0.131. The molecule has 1 aromatic heterocycles. The van der Waals surface area contributed by atoms with Gasteiger partial charge in [-0.15, -0.1) is 0 Å². The molecule has 2 aliphatic rings. The highest BCUT2D eigenvalue weighted by molar-refractivity contribution is 5.94. The minimum Gasteiger partial charge on any atom is -0.486 e. The van der Waals surface area contributed by atoms with E-state index in [1.54, 1.807) is 6.07 Å². The number of aliphatic imine (C=N–C) groups is 1. The summed E-state index contributed by atoms with van der Waals surface area (Å²) in [6, 6.07) is 17.7. The van der Waals surface area contributed by atoms with Crippen LogP contribution in [0.25, 0.3) is 5.57 Å². The van der Waals surface area contributed by atoms with E-state index < -0.39 is 0 Å². The van der Waals surface area contributed by atoms with Crippen molar-refractivity contribution in [3.05, 3.63) is 77.2 Å². The maximum absolute atomic E-state index is 12.8. The molecule has 0 saturated carbocycles. The average molecular weight is 428 g/mol. The number of amides is 1. The van der Waals surface area contributed by atoms with Crippen molar-refractivity contribution < 1.29 is 14.3 Å². The summed E-state index contributed by atoms with van der Waals surface area (Å²) in [6.07, 6.45) is 4.48. The molecule has 0 radical (unpaired) electrons. The summed E-state index contributed by atoms with van der Waals surface area (Å²) in [5.41, 5.74) is 5.55. The van der Waals surface area contributed by atoms with Gasteiger partial charge in [-0.3, -0.25) is 14.9 Å². The third kappa shape index (κ3) is 4.56. The molecular weight excluding hydrogens is 404 g/mol. The Morgan fingerprint density at radius 1 is 1.03 bits per heavy atom. The standard InChI is InChI=1S/C25H24N4O3/c30-25(27-18-8-9-23-24(15-18)32-12-11-31-23)16-21-20(7-4-10-26-21)22-14-19(28-29-22)13-17-5-2-1-3-6-17/h1-3,5-6,8-10,14-15H,4,7,11-13,16H2,(H,27,30)(H,28,29). The van der Waals surface area contributed by atoms with Gasteiger partial charge in [0, 0.05) is 35.7 Å². The van der Waals surface area contributed by atoms with Gasteiger partial charge in [0.25, 0.3) is 0 Å². The lowest BCUT2D eigenvalue weighted by atomic mass is 9.99. The second-order valence-corrected chi connectivity index (χ2v) is 7.80. The van der Waals surface area contributed by atoms with Crippen molar-refractivity contribution >= 4 is 23.4 Å². The number of hydrogen-bond acceptors (Lipinski definition) is 5. The van der Waals surface area contributed by atoms with E-state index in [9.17, 15) is 4.79 Å². The quantitative estimate of drug-likeness (QED) is 0.610. The Balaban J connectivity index is 1.30. The molecule has 0 spiro atoms. The van der Waals surface area contributed by atoms with Gasteiger partial charge >= 0.3 is 0 Å². The first-order chi connectivity index (χ1) is 15.7. The Bertz CT molecular complexity index is 1180. The number of hydrogen-bond donors (Lipinski definition) is 2. The molecule has 7 heteroatoms. The van der Waals surface area contributed by atoms with Crippen molar-refractivity contribution in [2.75, 3.05) is 18.5 Å². The van der Waals surface area contributed by atoms with E-state index in [0.29, 0.717) is 30.4 Å². The molecule has 0 unspecified atom stereocenters. The Hall–Kier alpha value is -3.87. The molecule has 1 amide bonds. The normalized spacial score (nSPS) is 15.0. The van der Waals surface area contributed by atoms with Crippen LogP contribution in [0.4, 0.5) is 5.69 Å². The highest BCUT2D eigenvalue weighted by atomic mass is 16.6. The second-order valence-electron chi connectivity index (χ2n) is 7.80. The molecule has 2 aliphatic heterocycles. The molecular formula is C25H24N4O3. The van der Waals surface area contributed by atoms with Crippen LogP contribution in [0.3, 0.4) is 0 Å². The molecule has 7 nitrogen and oxygen atoms in total. The summed E-state index contributed by atoms with van der Waals surface area (Å²) in [4.78, 5) is 17.3. The van der Waals surface area contributed by atoms with Crippen LogP contribution in [0.5, 0.6) is 11.5 Å². The fraction of sp³-hybridized carbons (Fsp3) is 0.240. The Morgan fingerprint density at radius 3 is 2.75 bits per heavy atom. The molecule has 162 valence electrons. The topological polar surface area (TPSA) is 88.6 Å². The number of fused-ring (bicyclic) bond motifs is 1. The van der Waals surface area contributed by atoms with Gasteiger partial charge in [0.2, 0.25) is 5.91 Å². The number of allylic oxidation sites excluding steroid dienone is 1. The summed E-state index contributed by atoms with van der Waals surface area (Å²) in [7, 11) is 0. The number of carbonyl (C=O) groups is 1. The number of aromatic nitrogens is 2. The monoisotopic (exact) mass is 428 g/mol. The molecule has 2 aromatic carbocycles. The molecule has 3 heterocycles. The Morgan fingerprint density at radius 2 is 1.88 bits per heavy atom. The Kier molecular flexibility index (Phi) is 5.70. The number of aromatic amines is 1. The van der Waals surface area contributed by atoms with E-state index >= 15 is 0 Å². The van der Waals surface area contributed by atoms with E-state index in [-0.39, 0.29) is 12.3 Å². The summed E-state index contributed by atoms with van der Waals surface area (Å²) < 4.78 is 11.1. The summed E-state index contributed by atoms with van der Waals surface area (Å²) >= 11 is 0. The van der Waals surface area contributed by atoms with Gasteiger partial charge < -0.3 is 14.8 Å². The van der Waals surface area contributed by atoms with Gasteiger partial charge in [-0.2, -0.15) is 5.10 Å². The van der Waals surface area contributed by atoms with Crippen molar-refractivity contribution in [1.82, 2.24) is 10.2 Å². The fourth-order valence-corrected chi connectivity index (χ4v) is 3.93. The molecule has 0 saturated heterocycles.